The van der Waals surface area contributed by atoms with E-state index < -0.39 is 17.0 Å². The van der Waals surface area contributed by atoms with E-state index in [1.165, 1.54) is 11.8 Å². The number of anilines is 1. The van der Waals surface area contributed by atoms with Crippen molar-refractivity contribution in [3.63, 3.8) is 0 Å². The summed E-state index contributed by atoms with van der Waals surface area (Å²) in [5.41, 5.74) is 0.233. The molecule has 0 fully saturated rings. The second-order valence-electron chi connectivity index (χ2n) is 4.60. The van der Waals surface area contributed by atoms with Crippen molar-refractivity contribution in [3.8, 4) is 0 Å². The number of carboxylic acids is 1. The number of nitrogens with zero attached hydrogens (tertiary/aromatic N) is 3. The van der Waals surface area contributed by atoms with Gasteiger partial charge in [0.25, 0.3) is 0 Å². The average molecular weight is 300 g/mol. The van der Waals surface area contributed by atoms with Crippen molar-refractivity contribution < 1.29 is 19.6 Å². The van der Waals surface area contributed by atoms with E-state index in [9.17, 15) is 14.9 Å². The number of carboxylic acid groups (broad SMARTS) is 1. The van der Waals surface area contributed by atoms with Crippen molar-refractivity contribution in [1.29, 1.82) is 0 Å². The molecule has 1 atom stereocenters. The Hall–Kier alpha value is -2.16. The van der Waals surface area contributed by atoms with Gasteiger partial charge in [-0.3, -0.25) is 14.9 Å². The monoisotopic (exact) mass is 300 g/mol. The number of nitro groups is 1. The van der Waals surface area contributed by atoms with Crippen LogP contribution >= 0.6 is 0 Å². The molecule has 0 aliphatic rings. The first-order valence-corrected chi connectivity index (χ1v) is 6.60. The maximum atomic E-state index is 11.1. The summed E-state index contributed by atoms with van der Waals surface area (Å²) in [6.07, 6.45) is 0.0148. The van der Waals surface area contributed by atoms with Gasteiger partial charge in [0.15, 0.2) is 0 Å². The number of ether oxygens (including phenoxy) is 1. The fourth-order valence-electron chi connectivity index (χ4n) is 1.98. The summed E-state index contributed by atoms with van der Waals surface area (Å²) >= 11 is 0. The third kappa shape index (κ3) is 4.42. The molecule has 2 N–H and O–H groups in total. The molecule has 118 valence electrons. The second kappa shape index (κ2) is 7.58. The molecule has 1 aromatic heterocycles. The highest BCUT2D eigenvalue weighted by atomic mass is 16.6. The number of carbonyl (C=O) groups is 1. The van der Waals surface area contributed by atoms with Crippen LogP contribution in [0.25, 0.3) is 0 Å². The SMILES string of the molecule is CCCn1nc(C)c([N+](=O)[O-])c1NCC(CC(=O)O)OC. The van der Waals surface area contributed by atoms with Gasteiger partial charge in [0, 0.05) is 20.2 Å². The van der Waals surface area contributed by atoms with E-state index in [2.05, 4.69) is 10.4 Å². The Morgan fingerprint density at radius 3 is 2.76 bits per heavy atom. The number of nitrogens with one attached hydrogen (secondary N) is 1. The molecule has 1 heterocycles. The Kier molecular flexibility index (Phi) is 6.10. The lowest BCUT2D eigenvalue weighted by molar-refractivity contribution is -0.384. The van der Waals surface area contributed by atoms with E-state index in [0.717, 1.165) is 6.42 Å². The van der Waals surface area contributed by atoms with Crippen molar-refractivity contribution in [2.24, 2.45) is 0 Å². The molecule has 0 aliphatic heterocycles. The predicted molar refractivity (Wildman–Crippen MR) is 75.4 cm³/mol. The molecule has 0 aliphatic carbocycles. The zero-order chi connectivity index (χ0) is 16.0. The summed E-state index contributed by atoms with van der Waals surface area (Å²) in [6, 6.07) is 0. The maximum absolute atomic E-state index is 11.1. The van der Waals surface area contributed by atoms with E-state index in [1.54, 1.807) is 6.92 Å². The van der Waals surface area contributed by atoms with E-state index in [1.807, 2.05) is 6.92 Å². The van der Waals surface area contributed by atoms with Gasteiger partial charge in [0.05, 0.1) is 17.4 Å². The first kappa shape index (κ1) is 16.9. The molecule has 9 nitrogen and oxygen atoms in total. The highest BCUT2D eigenvalue weighted by Crippen LogP contribution is 2.28. The van der Waals surface area contributed by atoms with Crippen LogP contribution in [-0.2, 0) is 16.1 Å². The van der Waals surface area contributed by atoms with Gasteiger partial charge in [-0.05, 0) is 13.3 Å². The minimum atomic E-state index is -0.989. The van der Waals surface area contributed by atoms with Crippen LogP contribution in [0.2, 0.25) is 0 Å². The number of aryl methyl sites for hydroxylation is 2. The van der Waals surface area contributed by atoms with E-state index in [4.69, 9.17) is 9.84 Å². The molecule has 1 aromatic rings. The van der Waals surface area contributed by atoms with Crippen molar-refractivity contribution in [2.75, 3.05) is 19.0 Å². The minimum absolute atomic E-state index is 0.0892. The molecule has 0 radical (unpaired) electrons. The molecule has 0 amide bonds. The lowest BCUT2D eigenvalue weighted by Gasteiger charge is -2.15. The van der Waals surface area contributed by atoms with Crippen molar-refractivity contribution >= 4 is 17.5 Å². The Labute approximate surface area is 122 Å². The van der Waals surface area contributed by atoms with Gasteiger partial charge >= 0.3 is 11.7 Å². The maximum Gasteiger partial charge on any atom is 0.333 e. The van der Waals surface area contributed by atoms with Gasteiger partial charge < -0.3 is 15.2 Å². The van der Waals surface area contributed by atoms with Crippen LogP contribution in [0.15, 0.2) is 0 Å². The smallest absolute Gasteiger partial charge is 0.333 e. The molecule has 0 saturated carbocycles. The summed E-state index contributed by atoms with van der Waals surface area (Å²) < 4.78 is 6.58. The third-order valence-electron chi connectivity index (χ3n) is 2.95. The Bertz CT molecular complexity index is 514. The molecule has 1 unspecified atom stereocenters. The van der Waals surface area contributed by atoms with E-state index >= 15 is 0 Å². The molecule has 21 heavy (non-hydrogen) atoms. The molecule has 1 rings (SSSR count). The van der Waals surface area contributed by atoms with Crippen LogP contribution in [-0.4, -0.2) is 45.5 Å². The fraction of sp³-hybridized carbons (Fsp3) is 0.667. The number of hydrogen-bond acceptors (Lipinski definition) is 6. The average Bonchev–Trinajstić information content (AvgIpc) is 2.70. The van der Waals surface area contributed by atoms with E-state index in [0.29, 0.717) is 12.2 Å². The van der Waals surface area contributed by atoms with Gasteiger partial charge in [-0.25, -0.2) is 4.68 Å². The molecule has 0 bridgehead atoms. The van der Waals surface area contributed by atoms with Gasteiger partial charge in [-0.2, -0.15) is 5.10 Å². The Morgan fingerprint density at radius 2 is 2.29 bits per heavy atom. The highest BCUT2D eigenvalue weighted by molar-refractivity contribution is 5.67. The fourth-order valence-corrected chi connectivity index (χ4v) is 1.98. The minimum Gasteiger partial charge on any atom is -0.481 e. The quantitative estimate of drug-likeness (QED) is 0.522. The van der Waals surface area contributed by atoms with Gasteiger partial charge in [-0.1, -0.05) is 6.92 Å². The van der Waals surface area contributed by atoms with Crippen LogP contribution in [0, 0.1) is 17.0 Å². The molecule has 9 heteroatoms. The Balaban J connectivity index is 2.94. The molecular formula is C12H20N4O5. The molecule has 0 saturated heterocycles. The topological polar surface area (TPSA) is 120 Å². The molecule has 0 spiro atoms. The summed E-state index contributed by atoms with van der Waals surface area (Å²) in [5, 5.41) is 26.9. The highest BCUT2D eigenvalue weighted by Gasteiger charge is 2.25. The van der Waals surface area contributed by atoms with Gasteiger partial charge in [0.1, 0.15) is 5.69 Å². The van der Waals surface area contributed by atoms with Gasteiger partial charge in [-0.15, -0.1) is 0 Å². The number of aliphatic carboxylic acids is 1. The largest absolute Gasteiger partial charge is 0.481 e. The van der Waals surface area contributed by atoms with Crippen molar-refractivity contribution in [3.05, 3.63) is 15.8 Å². The lowest BCUT2D eigenvalue weighted by atomic mass is 10.2. The van der Waals surface area contributed by atoms with Crippen LogP contribution in [0.4, 0.5) is 11.5 Å². The number of hydrogen-bond donors (Lipinski definition) is 2. The number of rotatable bonds is 9. The van der Waals surface area contributed by atoms with Crippen molar-refractivity contribution in [1.82, 2.24) is 9.78 Å². The van der Waals surface area contributed by atoms with Crippen molar-refractivity contribution in [2.45, 2.75) is 39.3 Å². The van der Waals surface area contributed by atoms with Crippen LogP contribution in [0.1, 0.15) is 25.5 Å². The Morgan fingerprint density at radius 1 is 1.62 bits per heavy atom. The molecular weight excluding hydrogens is 280 g/mol. The standard InChI is InChI=1S/C12H20N4O5/c1-4-5-15-12(11(16(19)20)8(2)14-15)13-7-9(21-3)6-10(17)18/h9,13H,4-7H2,1-3H3,(H,17,18). The van der Waals surface area contributed by atoms with Crippen LogP contribution < -0.4 is 5.32 Å². The first-order valence-electron chi connectivity index (χ1n) is 6.60. The third-order valence-corrected chi connectivity index (χ3v) is 2.95. The summed E-state index contributed by atoms with van der Waals surface area (Å²) in [4.78, 5) is 21.3. The first-order chi connectivity index (χ1) is 9.90. The summed E-state index contributed by atoms with van der Waals surface area (Å²) in [7, 11) is 1.40. The van der Waals surface area contributed by atoms with E-state index in [-0.39, 0.29) is 24.5 Å². The van der Waals surface area contributed by atoms with Crippen LogP contribution in [0.3, 0.4) is 0 Å². The predicted octanol–water partition coefficient (Wildman–Crippen LogP) is 1.41. The van der Waals surface area contributed by atoms with Gasteiger partial charge in [0.2, 0.25) is 5.82 Å². The second-order valence-corrected chi connectivity index (χ2v) is 4.60. The molecule has 0 aromatic carbocycles. The number of methoxy groups -OCH3 is 1. The number of aromatic nitrogens is 2. The zero-order valence-corrected chi connectivity index (χ0v) is 12.3. The van der Waals surface area contributed by atoms with Crippen LogP contribution in [0.5, 0.6) is 0 Å². The summed E-state index contributed by atoms with van der Waals surface area (Å²) in [6.45, 7) is 4.20. The normalized spacial score (nSPS) is 12.1. The zero-order valence-electron chi connectivity index (χ0n) is 12.3. The summed E-state index contributed by atoms with van der Waals surface area (Å²) in [5.74, 6) is -0.705. The lowest BCUT2D eigenvalue weighted by Crippen LogP contribution is -2.26.